The highest BCUT2D eigenvalue weighted by Gasteiger charge is 1.93. The van der Waals surface area contributed by atoms with Gasteiger partial charge in [-0.15, -0.1) is 0 Å². The lowest BCUT2D eigenvalue weighted by Gasteiger charge is -1.99. The summed E-state index contributed by atoms with van der Waals surface area (Å²) in [5.41, 5.74) is 1.02. The second kappa shape index (κ2) is 10.7. The van der Waals surface area contributed by atoms with Gasteiger partial charge >= 0.3 is 5.97 Å². The molecule has 0 unspecified atom stereocenters. The summed E-state index contributed by atoms with van der Waals surface area (Å²) in [6.07, 6.45) is 2.88. The highest BCUT2D eigenvalue weighted by Crippen LogP contribution is 1.99. The summed E-state index contributed by atoms with van der Waals surface area (Å²) in [6, 6.07) is 9.60. The molecule has 0 aromatic heterocycles. The van der Waals surface area contributed by atoms with Gasteiger partial charge in [0, 0.05) is 13.5 Å². The normalized spacial score (nSPS) is 8.59. The number of nitrogens with one attached hydrogen (secondary N) is 1. The highest BCUT2D eigenvalue weighted by molar-refractivity contribution is 5.65. The van der Waals surface area contributed by atoms with Crippen LogP contribution < -0.4 is 5.32 Å². The van der Waals surface area contributed by atoms with Gasteiger partial charge in [0.15, 0.2) is 0 Å². The molecule has 17 heavy (non-hydrogen) atoms. The van der Waals surface area contributed by atoms with E-state index in [4.69, 9.17) is 4.74 Å². The van der Waals surface area contributed by atoms with Gasteiger partial charge in [-0.2, -0.15) is 0 Å². The van der Waals surface area contributed by atoms with Crippen LogP contribution in [0.25, 0.3) is 0 Å². The van der Waals surface area contributed by atoms with Gasteiger partial charge in [0.1, 0.15) is 6.61 Å². The summed E-state index contributed by atoms with van der Waals surface area (Å²) in [5, 5.41) is 2.96. The molecular formula is C14H21NO2. The Morgan fingerprint density at radius 1 is 1.41 bits per heavy atom. The molecule has 1 rings (SSSR count). The lowest BCUT2D eigenvalue weighted by atomic mass is 10.2. The topological polar surface area (TPSA) is 38.3 Å². The van der Waals surface area contributed by atoms with Crippen LogP contribution in [0.2, 0.25) is 0 Å². The molecule has 0 fully saturated rings. The van der Waals surface area contributed by atoms with Crippen LogP contribution in [0.4, 0.5) is 0 Å². The third-order valence-electron chi connectivity index (χ3n) is 1.82. The molecule has 1 aromatic rings. The predicted octanol–water partition coefficient (Wildman–Crippen LogP) is 2.88. The smallest absolute Gasteiger partial charge is 0.302 e. The number of carbonyl (C=O) groups excluding carboxylic acids is 1. The van der Waals surface area contributed by atoms with E-state index in [2.05, 4.69) is 18.8 Å². The summed E-state index contributed by atoms with van der Waals surface area (Å²) in [5.74, 6) is -0.242. The minimum absolute atomic E-state index is 0.242. The lowest BCUT2D eigenvalue weighted by molar-refractivity contribution is -0.142. The molecule has 0 aliphatic rings. The van der Waals surface area contributed by atoms with Gasteiger partial charge in [-0.25, -0.2) is 0 Å². The van der Waals surface area contributed by atoms with Crippen LogP contribution in [0, 0.1) is 0 Å². The first-order chi connectivity index (χ1) is 8.20. The van der Waals surface area contributed by atoms with Gasteiger partial charge in [-0.05, 0) is 18.2 Å². The number of ether oxygens (including phenoxy) is 1. The summed E-state index contributed by atoms with van der Waals surface area (Å²) < 4.78 is 4.79. The highest BCUT2D eigenvalue weighted by atomic mass is 16.5. The molecule has 0 saturated heterocycles. The largest absolute Gasteiger partial charge is 0.461 e. The molecule has 0 amide bonds. The molecule has 0 atom stereocenters. The van der Waals surface area contributed by atoms with Crippen molar-refractivity contribution >= 4 is 5.97 Å². The first-order valence-corrected chi connectivity index (χ1v) is 5.72. The van der Waals surface area contributed by atoms with Gasteiger partial charge in [0.25, 0.3) is 0 Å². The zero-order valence-electron chi connectivity index (χ0n) is 10.6. The van der Waals surface area contributed by atoms with Crippen LogP contribution in [0.15, 0.2) is 43.1 Å². The van der Waals surface area contributed by atoms with E-state index in [1.54, 1.807) is 6.20 Å². The van der Waals surface area contributed by atoms with E-state index in [0.29, 0.717) is 6.61 Å². The second-order valence-corrected chi connectivity index (χ2v) is 3.42. The molecule has 0 spiro atoms. The van der Waals surface area contributed by atoms with E-state index in [9.17, 15) is 4.79 Å². The Hall–Kier alpha value is -1.77. The van der Waals surface area contributed by atoms with Crippen molar-refractivity contribution in [3.63, 3.8) is 0 Å². The summed E-state index contributed by atoms with van der Waals surface area (Å²) in [7, 11) is 0. The standard InChI is InChI=1S/C9H10O2.C5H11N/c1-8(10)11-7-9-5-3-2-4-6-9;1-3-5-6-4-2/h2-6H,7H2,1H3;4,6H,2-3,5H2,1H3. The fourth-order valence-corrected chi connectivity index (χ4v) is 1.01. The molecule has 0 heterocycles. The number of hydrogen-bond donors (Lipinski definition) is 1. The molecule has 1 N–H and O–H groups in total. The third-order valence-corrected chi connectivity index (χ3v) is 1.82. The van der Waals surface area contributed by atoms with Gasteiger partial charge in [0.2, 0.25) is 0 Å². The van der Waals surface area contributed by atoms with Crippen molar-refractivity contribution in [3.05, 3.63) is 48.7 Å². The van der Waals surface area contributed by atoms with E-state index in [1.807, 2.05) is 30.3 Å². The zero-order valence-corrected chi connectivity index (χ0v) is 10.6. The molecule has 0 aliphatic carbocycles. The average molecular weight is 235 g/mol. The van der Waals surface area contributed by atoms with Crippen LogP contribution in [0.1, 0.15) is 25.8 Å². The summed E-state index contributed by atoms with van der Waals surface area (Å²) >= 11 is 0. The first kappa shape index (κ1) is 15.2. The monoisotopic (exact) mass is 235 g/mol. The second-order valence-electron chi connectivity index (χ2n) is 3.42. The lowest BCUT2D eigenvalue weighted by Crippen LogP contribution is -2.03. The van der Waals surface area contributed by atoms with Crippen molar-refractivity contribution in [2.24, 2.45) is 0 Å². The maximum absolute atomic E-state index is 10.4. The van der Waals surface area contributed by atoms with Crippen LogP contribution in [-0.2, 0) is 16.1 Å². The predicted molar refractivity (Wildman–Crippen MR) is 70.4 cm³/mol. The van der Waals surface area contributed by atoms with Crippen molar-refractivity contribution in [2.45, 2.75) is 26.9 Å². The molecule has 0 saturated carbocycles. The molecule has 94 valence electrons. The number of benzene rings is 1. The van der Waals surface area contributed by atoms with Gasteiger partial charge < -0.3 is 10.1 Å². The summed E-state index contributed by atoms with van der Waals surface area (Å²) in [4.78, 5) is 10.4. The Morgan fingerprint density at radius 3 is 2.47 bits per heavy atom. The van der Waals surface area contributed by atoms with E-state index in [-0.39, 0.29) is 5.97 Å². The van der Waals surface area contributed by atoms with Gasteiger partial charge in [0.05, 0.1) is 0 Å². The quantitative estimate of drug-likeness (QED) is 0.630. The molecule has 0 bridgehead atoms. The van der Waals surface area contributed by atoms with E-state index >= 15 is 0 Å². The Labute approximate surface area is 103 Å². The van der Waals surface area contributed by atoms with Crippen LogP contribution in [-0.4, -0.2) is 12.5 Å². The Bertz CT molecular complexity index is 309. The number of esters is 1. The van der Waals surface area contributed by atoms with E-state index in [0.717, 1.165) is 12.1 Å². The van der Waals surface area contributed by atoms with Gasteiger partial charge in [-0.1, -0.05) is 43.8 Å². The fourth-order valence-electron chi connectivity index (χ4n) is 1.01. The Balaban J connectivity index is 0.000000366. The third kappa shape index (κ3) is 10.5. The van der Waals surface area contributed by atoms with Crippen molar-refractivity contribution in [3.8, 4) is 0 Å². The van der Waals surface area contributed by atoms with Crippen molar-refractivity contribution in [2.75, 3.05) is 6.54 Å². The zero-order chi connectivity index (χ0) is 12.9. The molecule has 3 heteroatoms. The summed E-state index contributed by atoms with van der Waals surface area (Å²) in [6.45, 7) is 8.43. The number of hydrogen-bond acceptors (Lipinski definition) is 3. The van der Waals surface area contributed by atoms with E-state index in [1.165, 1.54) is 13.3 Å². The molecule has 3 nitrogen and oxygen atoms in total. The maximum atomic E-state index is 10.4. The average Bonchev–Trinajstić information content (AvgIpc) is 2.36. The maximum Gasteiger partial charge on any atom is 0.302 e. The molecule has 0 radical (unpaired) electrons. The minimum atomic E-state index is -0.242. The fraction of sp³-hybridized carbons (Fsp3) is 0.357. The first-order valence-electron chi connectivity index (χ1n) is 5.72. The van der Waals surface area contributed by atoms with E-state index < -0.39 is 0 Å². The van der Waals surface area contributed by atoms with Crippen molar-refractivity contribution in [1.29, 1.82) is 0 Å². The van der Waals surface area contributed by atoms with Crippen LogP contribution in [0.5, 0.6) is 0 Å². The van der Waals surface area contributed by atoms with Crippen molar-refractivity contribution < 1.29 is 9.53 Å². The molecule has 1 aromatic carbocycles. The van der Waals surface area contributed by atoms with Crippen molar-refractivity contribution in [1.82, 2.24) is 5.32 Å². The number of rotatable bonds is 5. The van der Waals surface area contributed by atoms with Crippen LogP contribution >= 0.6 is 0 Å². The minimum Gasteiger partial charge on any atom is -0.461 e. The Kier molecular flexibility index (Phi) is 9.62. The SMILES string of the molecule is C=CNCCC.CC(=O)OCc1ccccc1. The Morgan fingerprint density at radius 2 is 2.06 bits per heavy atom. The number of carbonyl (C=O) groups is 1. The van der Waals surface area contributed by atoms with Crippen LogP contribution in [0.3, 0.4) is 0 Å². The molecule has 0 aliphatic heterocycles. The van der Waals surface area contributed by atoms with Gasteiger partial charge in [-0.3, -0.25) is 4.79 Å². The molecular weight excluding hydrogens is 214 g/mol.